The van der Waals surface area contributed by atoms with E-state index < -0.39 is 42.5 Å². The average Bonchev–Trinajstić information content (AvgIpc) is 2.78. The van der Waals surface area contributed by atoms with Gasteiger partial charge < -0.3 is 20.1 Å². The molecule has 35 heavy (non-hydrogen) atoms. The van der Waals surface area contributed by atoms with Gasteiger partial charge in [-0.1, -0.05) is 97.3 Å². The summed E-state index contributed by atoms with van der Waals surface area (Å²) < 4.78 is 5.30. The molecule has 0 aromatic rings. The Morgan fingerprint density at radius 1 is 0.686 bits per heavy atom. The minimum absolute atomic E-state index is 0.206. The number of Topliss-reactive ketones (excluding diaryl/α,β-unsaturated/α-hetero) is 1. The summed E-state index contributed by atoms with van der Waals surface area (Å²) in [5, 5.41) is 28.1. The largest absolute Gasteiger partial charge is 0.481 e. The molecule has 0 heterocycles. The predicted molar refractivity (Wildman–Crippen MR) is 134 cm³/mol. The van der Waals surface area contributed by atoms with Gasteiger partial charge in [-0.05, 0) is 19.3 Å². The van der Waals surface area contributed by atoms with Crippen LogP contribution in [0.4, 0.5) is 0 Å². The van der Waals surface area contributed by atoms with Crippen molar-refractivity contribution in [1.82, 2.24) is 0 Å². The van der Waals surface area contributed by atoms with Crippen molar-refractivity contribution in [3.05, 3.63) is 0 Å². The van der Waals surface area contributed by atoms with Crippen LogP contribution in [0.3, 0.4) is 0 Å². The van der Waals surface area contributed by atoms with Crippen molar-refractivity contribution in [2.45, 2.75) is 148 Å². The second kappa shape index (κ2) is 20.3. The van der Waals surface area contributed by atoms with E-state index in [4.69, 9.17) is 9.84 Å². The zero-order valence-corrected chi connectivity index (χ0v) is 21.9. The summed E-state index contributed by atoms with van der Waals surface area (Å²) in [6, 6.07) is 0. The third-order valence-corrected chi connectivity index (χ3v) is 6.26. The summed E-state index contributed by atoms with van der Waals surface area (Å²) in [6.07, 6.45) is 13.6. The minimum atomic E-state index is -2.77. The molecular weight excluding hydrogens is 452 g/mol. The van der Waals surface area contributed by atoms with Gasteiger partial charge in [0.25, 0.3) is 0 Å². The SMILES string of the molecule is CCCCCCCCCCCCC(OC(=O)CC(O)(CC(=O)O)C(=O)O)C(=O)CCCCCCC. The molecule has 0 aliphatic carbocycles. The van der Waals surface area contributed by atoms with Crippen molar-refractivity contribution in [2.24, 2.45) is 0 Å². The van der Waals surface area contributed by atoms with E-state index in [9.17, 15) is 29.4 Å². The number of ether oxygens (including phenoxy) is 1. The van der Waals surface area contributed by atoms with Crippen LogP contribution >= 0.6 is 0 Å². The zero-order valence-electron chi connectivity index (χ0n) is 21.9. The molecule has 0 saturated carbocycles. The molecule has 0 aromatic heterocycles. The Morgan fingerprint density at radius 2 is 1.14 bits per heavy atom. The van der Waals surface area contributed by atoms with Crippen molar-refractivity contribution in [1.29, 1.82) is 0 Å². The molecular formula is C27H48O8. The smallest absolute Gasteiger partial charge is 0.336 e. The maximum atomic E-state index is 12.7. The first-order chi connectivity index (χ1) is 16.7. The lowest BCUT2D eigenvalue weighted by atomic mass is 9.95. The second-order valence-electron chi connectivity index (χ2n) is 9.66. The lowest BCUT2D eigenvalue weighted by molar-refractivity contribution is -0.174. The molecule has 0 aliphatic heterocycles. The highest BCUT2D eigenvalue weighted by molar-refractivity contribution is 5.90. The van der Waals surface area contributed by atoms with Gasteiger partial charge in [0.05, 0.1) is 12.8 Å². The lowest BCUT2D eigenvalue weighted by Crippen LogP contribution is -2.44. The van der Waals surface area contributed by atoms with Crippen LogP contribution in [0.5, 0.6) is 0 Å². The van der Waals surface area contributed by atoms with Gasteiger partial charge in [-0.25, -0.2) is 4.79 Å². The Bertz CT molecular complexity index is 618. The summed E-state index contributed by atoms with van der Waals surface area (Å²) in [6.45, 7) is 4.31. The number of hydrogen-bond acceptors (Lipinski definition) is 6. The first kappa shape index (κ1) is 33.0. The molecule has 2 atom stereocenters. The molecule has 0 amide bonds. The molecule has 0 rings (SSSR count). The molecule has 0 saturated heterocycles. The maximum absolute atomic E-state index is 12.7. The third kappa shape index (κ3) is 17.2. The number of carbonyl (C=O) groups is 4. The predicted octanol–water partition coefficient (Wildman–Crippen LogP) is 5.82. The van der Waals surface area contributed by atoms with Gasteiger partial charge in [0.1, 0.15) is 0 Å². The first-order valence-corrected chi connectivity index (χ1v) is 13.6. The van der Waals surface area contributed by atoms with Crippen LogP contribution in [0.15, 0.2) is 0 Å². The van der Waals surface area contributed by atoms with E-state index in [0.717, 1.165) is 44.9 Å². The molecule has 204 valence electrons. The van der Waals surface area contributed by atoms with Gasteiger partial charge in [-0.2, -0.15) is 0 Å². The van der Waals surface area contributed by atoms with Crippen molar-refractivity contribution in [3.63, 3.8) is 0 Å². The van der Waals surface area contributed by atoms with Crippen LogP contribution < -0.4 is 0 Å². The molecule has 0 radical (unpaired) electrons. The molecule has 0 spiro atoms. The Balaban J connectivity index is 4.71. The van der Waals surface area contributed by atoms with E-state index in [-0.39, 0.29) is 12.2 Å². The normalized spacial score (nSPS) is 13.7. The van der Waals surface area contributed by atoms with Gasteiger partial charge >= 0.3 is 17.9 Å². The quantitative estimate of drug-likeness (QED) is 0.111. The molecule has 8 heteroatoms. The summed E-state index contributed by atoms with van der Waals surface area (Å²) in [5.74, 6) is -4.64. The first-order valence-electron chi connectivity index (χ1n) is 13.6. The average molecular weight is 501 g/mol. The summed E-state index contributed by atoms with van der Waals surface area (Å²) in [5.41, 5.74) is -2.77. The number of hydrogen-bond donors (Lipinski definition) is 3. The maximum Gasteiger partial charge on any atom is 0.336 e. The van der Waals surface area contributed by atoms with E-state index in [2.05, 4.69) is 13.8 Å². The highest BCUT2D eigenvalue weighted by Gasteiger charge is 2.42. The van der Waals surface area contributed by atoms with E-state index in [1.54, 1.807) is 0 Å². The highest BCUT2D eigenvalue weighted by Crippen LogP contribution is 2.20. The highest BCUT2D eigenvalue weighted by atomic mass is 16.5. The molecule has 0 bridgehead atoms. The standard InChI is InChI=1S/C27H48O8/c1-3-5-7-9-10-11-12-13-15-17-19-23(22(28)18-16-14-8-6-4-2)35-25(31)21-27(34,26(32)33)20-24(29)30/h23,34H,3-21H2,1-2H3,(H,29,30)(H,32,33). The Morgan fingerprint density at radius 3 is 1.60 bits per heavy atom. The summed E-state index contributed by atoms with van der Waals surface area (Å²) >= 11 is 0. The molecule has 0 aliphatic rings. The number of aliphatic hydroxyl groups is 1. The molecule has 0 fully saturated rings. The van der Waals surface area contributed by atoms with Crippen LogP contribution in [0, 0.1) is 0 Å². The van der Waals surface area contributed by atoms with E-state index in [1.165, 1.54) is 38.5 Å². The third-order valence-electron chi connectivity index (χ3n) is 6.26. The van der Waals surface area contributed by atoms with E-state index >= 15 is 0 Å². The van der Waals surface area contributed by atoms with E-state index in [0.29, 0.717) is 19.3 Å². The molecule has 3 N–H and O–H groups in total. The molecule has 2 unspecified atom stereocenters. The number of aliphatic carboxylic acids is 2. The van der Waals surface area contributed by atoms with Crippen LogP contribution in [-0.4, -0.2) is 50.7 Å². The van der Waals surface area contributed by atoms with Crippen LogP contribution in [-0.2, 0) is 23.9 Å². The second-order valence-corrected chi connectivity index (χ2v) is 9.66. The van der Waals surface area contributed by atoms with E-state index in [1.807, 2.05) is 0 Å². The number of carboxylic acids is 2. The minimum Gasteiger partial charge on any atom is -0.481 e. The zero-order chi connectivity index (χ0) is 26.5. The van der Waals surface area contributed by atoms with Crippen LogP contribution in [0.2, 0.25) is 0 Å². The van der Waals surface area contributed by atoms with Gasteiger partial charge in [-0.15, -0.1) is 0 Å². The fraction of sp³-hybridized carbons (Fsp3) is 0.852. The number of carbonyl (C=O) groups excluding carboxylic acids is 2. The summed E-state index contributed by atoms with van der Waals surface area (Å²) in [4.78, 5) is 47.3. The topological polar surface area (TPSA) is 138 Å². The van der Waals surface area contributed by atoms with Gasteiger partial charge in [0.15, 0.2) is 17.5 Å². The number of ketones is 1. The van der Waals surface area contributed by atoms with Gasteiger partial charge in [0, 0.05) is 6.42 Å². The summed E-state index contributed by atoms with van der Waals surface area (Å²) in [7, 11) is 0. The number of unbranched alkanes of at least 4 members (excludes halogenated alkanes) is 13. The van der Waals surface area contributed by atoms with Gasteiger partial charge in [-0.3, -0.25) is 14.4 Å². The molecule has 0 aromatic carbocycles. The van der Waals surface area contributed by atoms with Crippen molar-refractivity contribution in [2.75, 3.05) is 0 Å². The number of carboxylic acid groups (broad SMARTS) is 2. The van der Waals surface area contributed by atoms with Crippen LogP contribution in [0.25, 0.3) is 0 Å². The fourth-order valence-electron chi connectivity index (χ4n) is 4.07. The number of esters is 1. The number of rotatable bonds is 24. The van der Waals surface area contributed by atoms with Crippen molar-refractivity contribution < 1.29 is 39.2 Å². The lowest BCUT2D eigenvalue weighted by Gasteiger charge is -2.22. The Hall–Kier alpha value is -1.96. The molecule has 8 nitrogen and oxygen atoms in total. The van der Waals surface area contributed by atoms with Crippen molar-refractivity contribution in [3.8, 4) is 0 Å². The monoisotopic (exact) mass is 500 g/mol. The Labute approximate surface area is 210 Å². The Kier molecular flexibility index (Phi) is 19.1. The fourth-order valence-corrected chi connectivity index (χ4v) is 4.07. The van der Waals surface area contributed by atoms with Crippen LogP contribution in [0.1, 0.15) is 136 Å². The van der Waals surface area contributed by atoms with Crippen molar-refractivity contribution >= 4 is 23.7 Å². The van der Waals surface area contributed by atoms with Gasteiger partial charge in [0.2, 0.25) is 0 Å².